The van der Waals surface area contributed by atoms with Crippen molar-refractivity contribution in [2.45, 2.75) is 58.3 Å². The van der Waals surface area contributed by atoms with Crippen LogP contribution in [-0.4, -0.2) is 64.6 Å². The monoisotopic (exact) mass is 409 g/mol. The molecule has 1 saturated heterocycles. The Labute approximate surface area is 169 Å². The molecular formula is C20H28FN3O5. The molecule has 1 aliphatic carbocycles. The van der Waals surface area contributed by atoms with E-state index in [1.54, 1.807) is 20.8 Å². The second-order valence-corrected chi connectivity index (χ2v) is 8.70. The van der Waals surface area contributed by atoms with Crippen LogP contribution in [0, 0.1) is 18.7 Å². The zero-order chi connectivity index (χ0) is 21.3. The second kappa shape index (κ2) is 8.14. The van der Waals surface area contributed by atoms with Crippen LogP contribution in [0.15, 0.2) is 6.20 Å². The third kappa shape index (κ3) is 5.14. The molecule has 0 spiro atoms. The van der Waals surface area contributed by atoms with E-state index in [-0.39, 0.29) is 31.4 Å². The highest BCUT2D eigenvalue weighted by Crippen LogP contribution is 2.31. The first-order chi connectivity index (χ1) is 13.5. The molecule has 2 amide bonds. The number of fused-ring (bicyclic) bond motifs is 1. The van der Waals surface area contributed by atoms with Crippen molar-refractivity contribution in [2.75, 3.05) is 19.6 Å². The van der Waals surface area contributed by atoms with Crippen LogP contribution in [0.2, 0.25) is 0 Å². The van der Waals surface area contributed by atoms with Gasteiger partial charge in [0.1, 0.15) is 23.6 Å². The van der Waals surface area contributed by atoms with Crippen molar-refractivity contribution < 1.29 is 28.6 Å². The van der Waals surface area contributed by atoms with Gasteiger partial charge in [-0.1, -0.05) is 0 Å². The van der Waals surface area contributed by atoms with Crippen molar-refractivity contribution in [1.82, 2.24) is 15.2 Å². The highest BCUT2D eigenvalue weighted by Gasteiger charge is 2.35. The first kappa shape index (κ1) is 21.3. The Hall–Kier alpha value is -2.42. The molecule has 2 heterocycles. The van der Waals surface area contributed by atoms with Gasteiger partial charge in [-0.05, 0) is 57.6 Å². The first-order valence-corrected chi connectivity index (χ1v) is 9.77. The van der Waals surface area contributed by atoms with Gasteiger partial charge in [0.25, 0.3) is 0 Å². The topological polar surface area (TPSA) is 101 Å². The molecule has 1 aromatic heterocycles. The Morgan fingerprint density at radius 1 is 1.45 bits per heavy atom. The van der Waals surface area contributed by atoms with Crippen LogP contribution in [0.5, 0.6) is 0 Å². The number of aliphatic hydroxyl groups excluding tert-OH is 1. The van der Waals surface area contributed by atoms with Crippen LogP contribution in [0.3, 0.4) is 0 Å². The summed E-state index contributed by atoms with van der Waals surface area (Å²) in [6.45, 7) is 7.54. The molecule has 0 radical (unpaired) electrons. The summed E-state index contributed by atoms with van der Waals surface area (Å²) < 4.78 is 24.7. The lowest BCUT2D eigenvalue weighted by Crippen LogP contribution is -2.47. The smallest absolute Gasteiger partial charge is 0.410 e. The maximum absolute atomic E-state index is 14.2. The normalized spacial score (nSPS) is 21.9. The summed E-state index contributed by atoms with van der Waals surface area (Å²) in [6.07, 6.45) is -0.653. The van der Waals surface area contributed by atoms with E-state index in [9.17, 15) is 19.1 Å². The molecule has 0 saturated carbocycles. The minimum atomic E-state index is -1.06. The fourth-order valence-corrected chi connectivity index (χ4v) is 3.77. The van der Waals surface area contributed by atoms with Crippen molar-refractivity contribution in [2.24, 2.45) is 5.92 Å². The van der Waals surface area contributed by atoms with E-state index in [1.807, 2.05) is 6.92 Å². The van der Waals surface area contributed by atoms with Crippen molar-refractivity contribution in [3.8, 4) is 0 Å². The standard InChI is InChI=1S/C20H28FN3O5/c1-11-13-5-12(6-14(13)15(21)7-22-11)9-24(19(27)29-20(2,3)4)10-16(25)17-8-23-18(26)28-17/h7,12,16-17,25H,5-6,8-10H2,1-4H3,(H,23,26)/t12?,16?,17-/m1/s1. The quantitative estimate of drug-likeness (QED) is 0.771. The van der Waals surface area contributed by atoms with Crippen LogP contribution in [0.1, 0.15) is 37.6 Å². The van der Waals surface area contributed by atoms with Gasteiger partial charge in [-0.3, -0.25) is 4.98 Å². The predicted molar refractivity (Wildman–Crippen MR) is 102 cm³/mol. The van der Waals surface area contributed by atoms with Crippen LogP contribution in [-0.2, 0) is 22.3 Å². The molecule has 3 atom stereocenters. The van der Waals surface area contributed by atoms with Crippen LogP contribution >= 0.6 is 0 Å². The summed E-state index contributed by atoms with van der Waals surface area (Å²) >= 11 is 0. The minimum Gasteiger partial charge on any atom is -0.444 e. The van der Waals surface area contributed by atoms with Gasteiger partial charge in [0.15, 0.2) is 0 Å². The third-order valence-corrected chi connectivity index (χ3v) is 5.12. The van der Waals surface area contributed by atoms with Gasteiger partial charge in [-0.2, -0.15) is 0 Å². The largest absolute Gasteiger partial charge is 0.444 e. The molecule has 2 N–H and O–H groups in total. The highest BCUT2D eigenvalue weighted by atomic mass is 19.1. The number of carbonyl (C=O) groups excluding carboxylic acids is 2. The summed E-state index contributed by atoms with van der Waals surface area (Å²) in [4.78, 5) is 29.5. The number of aliphatic hydroxyl groups is 1. The molecule has 29 heavy (non-hydrogen) atoms. The lowest BCUT2D eigenvalue weighted by molar-refractivity contribution is -0.0117. The molecule has 1 aliphatic heterocycles. The number of ether oxygens (including phenoxy) is 2. The molecule has 8 nitrogen and oxygen atoms in total. The second-order valence-electron chi connectivity index (χ2n) is 8.70. The number of hydrogen-bond acceptors (Lipinski definition) is 6. The van der Waals surface area contributed by atoms with Crippen molar-refractivity contribution in [1.29, 1.82) is 0 Å². The summed E-state index contributed by atoms with van der Waals surface area (Å²) in [5, 5.41) is 13.0. The SMILES string of the molecule is Cc1ncc(F)c2c1CC(CN(CC(O)[C@H]1CNC(=O)O1)C(=O)OC(C)(C)C)C2. The maximum atomic E-state index is 14.2. The zero-order valence-corrected chi connectivity index (χ0v) is 17.2. The van der Waals surface area contributed by atoms with Crippen LogP contribution < -0.4 is 5.32 Å². The van der Waals surface area contributed by atoms with Crippen LogP contribution in [0.4, 0.5) is 14.0 Å². The number of aryl methyl sites for hydroxylation is 1. The number of cyclic esters (lactones) is 1. The number of nitrogens with one attached hydrogen (secondary N) is 1. The molecule has 0 aromatic carbocycles. The number of nitrogens with zero attached hydrogens (tertiary/aromatic N) is 2. The van der Waals surface area contributed by atoms with Crippen molar-refractivity contribution in [3.05, 3.63) is 28.8 Å². The van der Waals surface area contributed by atoms with Crippen molar-refractivity contribution in [3.63, 3.8) is 0 Å². The molecule has 0 bridgehead atoms. The molecule has 160 valence electrons. The zero-order valence-electron chi connectivity index (χ0n) is 17.2. The fraction of sp³-hybridized carbons (Fsp3) is 0.650. The van der Waals surface area contributed by atoms with E-state index in [2.05, 4.69) is 10.3 Å². The Bertz CT molecular complexity index is 764. The molecule has 1 fully saturated rings. The molecule has 2 unspecified atom stereocenters. The molecular weight excluding hydrogens is 381 g/mol. The van der Waals surface area contributed by atoms with Gasteiger partial charge in [0.2, 0.25) is 0 Å². The average Bonchev–Trinajstić information content (AvgIpc) is 3.23. The molecule has 3 rings (SSSR count). The summed E-state index contributed by atoms with van der Waals surface area (Å²) in [5.41, 5.74) is 1.61. The van der Waals surface area contributed by atoms with Gasteiger partial charge in [-0.25, -0.2) is 14.0 Å². The number of halogens is 1. The van der Waals surface area contributed by atoms with Gasteiger partial charge in [0.05, 0.1) is 19.3 Å². The Balaban J connectivity index is 1.71. The van der Waals surface area contributed by atoms with Gasteiger partial charge in [-0.15, -0.1) is 0 Å². The lowest BCUT2D eigenvalue weighted by atomic mass is 10.0. The molecule has 9 heteroatoms. The number of amides is 2. The third-order valence-electron chi connectivity index (χ3n) is 5.12. The Morgan fingerprint density at radius 2 is 2.14 bits per heavy atom. The van der Waals surface area contributed by atoms with Gasteiger partial charge >= 0.3 is 12.2 Å². The van der Waals surface area contributed by atoms with E-state index < -0.39 is 30.0 Å². The van der Waals surface area contributed by atoms with Crippen molar-refractivity contribution >= 4 is 12.2 Å². The number of aromatic nitrogens is 1. The van der Waals surface area contributed by atoms with E-state index in [4.69, 9.17) is 9.47 Å². The number of carbonyl (C=O) groups is 2. The minimum absolute atomic E-state index is 0.0219. The fourth-order valence-electron chi connectivity index (χ4n) is 3.77. The molecule has 2 aliphatic rings. The highest BCUT2D eigenvalue weighted by molar-refractivity contribution is 5.70. The van der Waals surface area contributed by atoms with E-state index in [0.29, 0.717) is 18.4 Å². The van der Waals surface area contributed by atoms with E-state index in [0.717, 1.165) is 11.3 Å². The lowest BCUT2D eigenvalue weighted by Gasteiger charge is -2.31. The number of alkyl carbamates (subject to hydrolysis) is 1. The molecule has 1 aromatic rings. The summed E-state index contributed by atoms with van der Waals surface area (Å²) in [7, 11) is 0. The number of pyridine rings is 1. The summed E-state index contributed by atoms with van der Waals surface area (Å²) in [6, 6.07) is 0. The van der Waals surface area contributed by atoms with Crippen LogP contribution in [0.25, 0.3) is 0 Å². The maximum Gasteiger partial charge on any atom is 0.410 e. The average molecular weight is 409 g/mol. The Kier molecular flexibility index (Phi) is 5.97. The number of rotatable bonds is 5. The van der Waals surface area contributed by atoms with Gasteiger partial charge in [0, 0.05) is 12.2 Å². The van der Waals surface area contributed by atoms with E-state index in [1.165, 1.54) is 11.1 Å². The first-order valence-electron chi connectivity index (χ1n) is 9.77. The van der Waals surface area contributed by atoms with E-state index >= 15 is 0 Å². The van der Waals surface area contributed by atoms with Gasteiger partial charge < -0.3 is 24.8 Å². The summed E-state index contributed by atoms with van der Waals surface area (Å²) in [5.74, 6) is -0.354. The predicted octanol–water partition coefficient (Wildman–Crippen LogP) is 1.95. The number of hydrogen-bond donors (Lipinski definition) is 2. The Morgan fingerprint density at radius 3 is 2.72 bits per heavy atom.